The molecule has 0 bridgehead atoms. The molecule has 0 aliphatic heterocycles. The van der Waals surface area contributed by atoms with Crippen molar-refractivity contribution in [1.82, 2.24) is 0 Å². The number of hydrogen-bond donors (Lipinski definition) is 0. The molecule has 0 aliphatic carbocycles. The Balaban J connectivity index is 2.52. The van der Waals surface area contributed by atoms with Crippen molar-refractivity contribution in [3.8, 4) is 29.2 Å². The number of rotatable bonds is 2. The molecule has 0 saturated carbocycles. The van der Waals surface area contributed by atoms with Crippen molar-refractivity contribution in [3.05, 3.63) is 53.6 Å². The first-order valence-corrected chi connectivity index (χ1v) is 5.82. The van der Waals surface area contributed by atoms with Gasteiger partial charge in [-0.2, -0.15) is 0 Å². The Kier molecular flexibility index (Phi) is 3.71. The third-order valence-electron chi connectivity index (χ3n) is 2.76. The predicted octanol–water partition coefficient (Wildman–Crippen LogP) is 4.54. The topological polar surface area (TPSA) is 9.23 Å². The Labute approximate surface area is 115 Å². The summed E-state index contributed by atoms with van der Waals surface area (Å²) < 4.78 is 40.9. The maximum Gasteiger partial charge on any atom is 0.573 e. The summed E-state index contributed by atoms with van der Waals surface area (Å²) in [5.74, 6) is 2.02. The molecule has 0 amide bonds. The fourth-order valence-electron chi connectivity index (χ4n) is 1.93. The van der Waals surface area contributed by atoms with E-state index in [1.807, 2.05) is 31.2 Å². The Morgan fingerprint density at radius 3 is 2.40 bits per heavy atom. The van der Waals surface area contributed by atoms with E-state index in [4.69, 9.17) is 6.42 Å². The van der Waals surface area contributed by atoms with Crippen molar-refractivity contribution in [2.24, 2.45) is 0 Å². The van der Waals surface area contributed by atoms with Crippen LogP contribution in [0.5, 0.6) is 5.75 Å². The van der Waals surface area contributed by atoms with Gasteiger partial charge in [0.1, 0.15) is 5.75 Å². The van der Waals surface area contributed by atoms with Gasteiger partial charge in [-0.15, -0.1) is 19.6 Å². The zero-order valence-electron chi connectivity index (χ0n) is 10.7. The smallest absolute Gasteiger partial charge is 0.406 e. The fraction of sp³-hybridized carbons (Fsp3) is 0.125. The third-order valence-corrected chi connectivity index (χ3v) is 2.76. The molecule has 2 aromatic carbocycles. The molecule has 4 heteroatoms. The molecule has 0 aromatic heterocycles. The largest absolute Gasteiger partial charge is 0.573 e. The van der Waals surface area contributed by atoms with Gasteiger partial charge in [0.15, 0.2) is 0 Å². The van der Waals surface area contributed by atoms with E-state index in [1.54, 1.807) is 6.07 Å². The molecule has 0 unspecified atom stereocenters. The van der Waals surface area contributed by atoms with Gasteiger partial charge in [-0.1, -0.05) is 30.2 Å². The van der Waals surface area contributed by atoms with E-state index < -0.39 is 6.36 Å². The Hall–Kier alpha value is -2.41. The molecule has 0 saturated heterocycles. The van der Waals surface area contributed by atoms with Gasteiger partial charge in [0.25, 0.3) is 0 Å². The van der Waals surface area contributed by atoms with E-state index in [0.717, 1.165) is 11.1 Å². The molecular weight excluding hydrogens is 265 g/mol. The predicted molar refractivity (Wildman–Crippen MR) is 71.2 cm³/mol. The van der Waals surface area contributed by atoms with E-state index >= 15 is 0 Å². The van der Waals surface area contributed by atoms with Gasteiger partial charge in [-0.3, -0.25) is 0 Å². The number of aryl methyl sites for hydroxylation is 1. The van der Waals surface area contributed by atoms with Crippen LogP contribution in [0.1, 0.15) is 11.1 Å². The highest BCUT2D eigenvalue weighted by Gasteiger charge is 2.31. The lowest BCUT2D eigenvalue weighted by Crippen LogP contribution is -2.17. The average Bonchev–Trinajstić information content (AvgIpc) is 2.36. The molecule has 1 nitrogen and oxygen atoms in total. The first-order chi connectivity index (χ1) is 9.39. The Morgan fingerprint density at radius 1 is 1.10 bits per heavy atom. The van der Waals surface area contributed by atoms with E-state index in [1.165, 1.54) is 12.1 Å². The van der Waals surface area contributed by atoms with Crippen molar-refractivity contribution < 1.29 is 17.9 Å². The van der Waals surface area contributed by atoms with Crippen LogP contribution in [-0.2, 0) is 0 Å². The second-order valence-electron chi connectivity index (χ2n) is 4.25. The summed E-state index contributed by atoms with van der Waals surface area (Å²) in [6.45, 7) is 1.88. The maximum atomic E-state index is 12.3. The number of hydrogen-bond acceptors (Lipinski definition) is 1. The molecule has 0 aliphatic rings. The van der Waals surface area contributed by atoms with Crippen LogP contribution in [0.4, 0.5) is 13.2 Å². The highest BCUT2D eigenvalue weighted by atomic mass is 19.4. The molecule has 0 spiro atoms. The van der Waals surface area contributed by atoms with Crippen LogP contribution in [-0.4, -0.2) is 6.36 Å². The van der Waals surface area contributed by atoms with Crippen LogP contribution in [0.15, 0.2) is 42.5 Å². The third kappa shape index (κ3) is 3.33. The number of ether oxygens (including phenoxy) is 1. The highest BCUT2D eigenvalue weighted by Crippen LogP contribution is 2.31. The van der Waals surface area contributed by atoms with E-state index in [9.17, 15) is 13.2 Å². The average molecular weight is 276 g/mol. The Morgan fingerprint density at radius 2 is 1.80 bits per heavy atom. The summed E-state index contributed by atoms with van der Waals surface area (Å²) in [7, 11) is 0. The molecule has 102 valence electrons. The van der Waals surface area contributed by atoms with Crippen molar-refractivity contribution >= 4 is 0 Å². The van der Waals surface area contributed by atoms with Crippen molar-refractivity contribution in [1.29, 1.82) is 0 Å². The summed E-state index contributed by atoms with van der Waals surface area (Å²) in [5.41, 5.74) is 2.69. The molecule has 0 heterocycles. The minimum atomic E-state index is -4.74. The summed E-state index contributed by atoms with van der Waals surface area (Å²) >= 11 is 0. The monoisotopic (exact) mass is 276 g/mol. The van der Waals surface area contributed by atoms with Crippen LogP contribution >= 0.6 is 0 Å². The Bertz CT molecular complexity index is 666. The van der Waals surface area contributed by atoms with Gasteiger partial charge in [0, 0.05) is 5.56 Å². The molecule has 0 radical (unpaired) electrons. The molecule has 0 atom stereocenters. The zero-order chi connectivity index (χ0) is 14.8. The fourth-order valence-corrected chi connectivity index (χ4v) is 1.93. The lowest BCUT2D eigenvalue weighted by Gasteiger charge is -2.12. The normalized spacial score (nSPS) is 10.9. The van der Waals surface area contributed by atoms with Crippen LogP contribution in [0.3, 0.4) is 0 Å². The molecule has 0 fully saturated rings. The minimum Gasteiger partial charge on any atom is -0.406 e. The standard InChI is InChI=1S/C16H11F3O/c1-3-12-8-13(15-7-5-4-6-11(15)2)10-14(9-12)20-16(17,18)19/h1,4-10H,2H3. The number of terminal acetylenes is 1. The molecule has 0 N–H and O–H groups in total. The van der Waals surface area contributed by atoms with Crippen LogP contribution in [0.25, 0.3) is 11.1 Å². The maximum absolute atomic E-state index is 12.3. The molecular formula is C16H11F3O. The van der Waals surface area contributed by atoms with Gasteiger partial charge in [-0.25, -0.2) is 0 Å². The minimum absolute atomic E-state index is 0.314. The van der Waals surface area contributed by atoms with Gasteiger partial charge in [0.2, 0.25) is 0 Å². The second kappa shape index (κ2) is 5.30. The van der Waals surface area contributed by atoms with Gasteiger partial charge in [0.05, 0.1) is 0 Å². The van der Waals surface area contributed by atoms with Gasteiger partial charge < -0.3 is 4.74 Å². The summed E-state index contributed by atoms with van der Waals surface area (Å²) in [4.78, 5) is 0. The SMILES string of the molecule is C#Cc1cc(OC(F)(F)F)cc(-c2ccccc2C)c1. The van der Waals surface area contributed by atoms with Crippen molar-refractivity contribution in [2.75, 3.05) is 0 Å². The number of alkyl halides is 3. The van der Waals surface area contributed by atoms with Crippen molar-refractivity contribution in [2.45, 2.75) is 13.3 Å². The lowest BCUT2D eigenvalue weighted by atomic mass is 9.99. The lowest BCUT2D eigenvalue weighted by molar-refractivity contribution is -0.274. The second-order valence-corrected chi connectivity index (χ2v) is 4.25. The number of halogens is 3. The molecule has 2 aromatic rings. The van der Waals surface area contributed by atoms with E-state index in [0.29, 0.717) is 11.1 Å². The van der Waals surface area contributed by atoms with Crippen molar-refractivity contribution in [3.63, 3.8) is 0 Å². The first-order valence-electron chi connectivity index (χ1n) is 5.82. The van der Waals surface area contributed by atoms with Crippen LogP contribution in [0, 0.1) is 19.3 Å². The zero-order valence-corrected chi connectivity index (χ0v) is 10.7. The summed E-state index contributed by atoms with van der Waals surface area (Å²) in [6, 6.07) is 11.5. The van der Waals surface area contributed by atoms with Crippen LogP contribution in [0.2, 0.25) is 0 Å². The van der Waals surface area contributed by atoms with Gasteiger partial charge >= 0.3 is 6.36 Å². The summed E-state index contributed by atoms with van der Waals surface area (Å²) in [6.07, 6.45) is 0.541. The quantitative estimate of drug-likeness (QED) is 0.732. The highest BCUT2D eigenvalue weighted by molar-refractivity contribution is 5.70. The molecule has 20 heavy (non-hydrogen) atoms. The summed E-state index contributed by atoms with van der Waals surface area (Å²) in [5, 5.41) is 0. The number of benzene rings is 2. The van der Waals surface area contributed by atoms with Gasteiger partial charge in [-0.05, 0) is 41.8 Å². The molecule has 2 rings (SSSR count). The first kappa shape index (κ1) is 14.0. The van der Waals surface area contributed by atoms with Crippen LogP contribution < -0.4 is 4.74 Å². The van der Waals surface area contributed by atoms with E-state index in [-0.39, 0.29) is 5.75 Å². The van der Waals surface area contributed by atoms with E-state index in [2.05, 4.69) is 10.7 Å².